The van der Waals surface area contributed by atoms with Crippen LogP contribution in [0.2, 0.25) is 0 Å². The van der Waals surface area contributed by atoms with Gasteiger partial charge in [-0.25, -0.2) is 4.39 Å². The summed E-state index contributed by atoms with van der Waals surface area (Å²) in [6, 6.07) is 15.4. The van der Waals surface area contributed by atoms with Crippen LogP contribution in [0, 0.1) is 5.82 Å². The number of hydrogen-bond donors (Lipinski definition) is 0. The van der Waals surface area contributed by atoms with Crippen molar-refractivity contribution in [3.8, 4) is 11.1 Å². The van der Waals surface area contributed by atoms with E-state index < -0.39 is 0 Å². The van der Waals surface area contributed by atoms with Gasteiger partial charge in [0.1, 0.15) is 5.82 Å². The number of unbranched alkanes of at least 4 members (excludes halogenated alkanes) is 4. The second-order valence-electron chi connectivity index (χ2n) is 8.99. The molecule has 0 N–H and O–H groups in total. The summed E-state index contributed by atoms with van der Waals surface area (Å²) in [6.45, 7) is 3.13. The number of likely N-dealkylation sites (tertiary alicyclic amines) is 1. The molecule has 2 nitrogen and oxygen atoms in total. The molecular weight excluding hydrogens is 397 g/mol. The Kier molecular flexibility index (Phi) is 9.99. The van der Waals surface area contributed by atoms with Crippen LogP contribution in [0.1, 0.15) is 76.7 Å². The SMILES string of the molecule is CCCCCCCN1C(=O)CCCCC1/C=C/CCc1cccc(-c2ccc(F)cc2)c1. The highest BCUT2D eigenvalue weighted by atomic mass is 19.1. The van der Waals surface area contributed by atoms with Gasteiger partial charge in [0.25, 0.3) is 0 Å². The third-order valence-corrected chi connectivity index (χ3v) is 6.43. The van der Waals surface area contributed by atoms with Crippen LogP contribution in [0.3, 0.4) is 0 Å². The first-order chi connectivity index (χ1) is 15.7. The number of rotatable bonds is 11. The molecule has 3 rings (SSSR count). The van der Waals surface area contributed by atoms with Crippen molar-refractivity contribution in [3.05, 3.63) is 72.1 Å². The number of aryl methyl sites for hydroxylation is 1. The zero-order chi connectivity index (χ0) is 22.6. The first kappa shape index (κ1) is 24.2. The van der Waals surface area contributed by atoms with Gasteiger partial charge in [-0.3, -0.25) is 4.79 Å². The summed E-state index contributed by atoms with van der Waals surface area (Å²) in [5, 5.41) is 0. The molecule has 0 spiro atoms. The Bertz CT molecular complexity index is 858. The molecule has 1 unspecified atom stereocenters. The van der Waals surface area contributed by atoms with Crippen molar-refractivity contribution >= 4 is 5.91 Å². The van der Waals surface area contributed by atoms with Gasteiger partial charge in [0.05, 0.1) is 0 Å². The summed E-state index contributed by atoms with van der Waals surface area (Å²) in [5.74, 6) is 0.127. The van der Waals surface area contributed by atoms with Crippen molar-refractivity contribution in [2.45, 2.75) is 83.6 Å². The number of amides is 1. The van der Waals surface area contributed by atoms with Crippen molar-refractivity contribution < 1.29 is 9.18 Å². The van der Waals surface area contributed by atoms with Crippen molar-refractivity contribution in [2.75, 3.05) is 6.54 Å². The summed E-state index contributed by atoms with van der Waals surface area (Å²) in [7, 11) is 0. The van der Waals surface area contributed by atoms with Gasteiger partial charge in [0, 0.05) is 19.0 Å². The number of hydrogen-bond acceptors (Lipinski definition) is 1. The zero-order valence-corrected chi connectivity index (χ0v) is 19.6. The van der Waals surface area contributed by atoms with E-state index in [9.17, 15) is 9.18 Å². The smallest absolute Gasteiger partial charge is 0.223 e. The van der Waals surface area contributed by atoms with Crippen LogP contribution in [0.25, 0.3) is 11.1 Å². The molecule has 0 aromatic heterocycles. The minimum atomic E-state index is -0.206. The normalized spacial score (nSPS) is 17.1. The standard InChI is InChI=1S/C29H38FNO/c1-2-3-4-5-10-22-31-28(16-8-9-17-29(31)32)15-7-6-12-24-13-11-14-26(23-24)25-18-20-27(30)21-19-25/h7,11,13-15,18-21,23,28H,2-6,8-10,12,16-17,22H2,1H3/b15-7+. The molecule has 1 heterocycles. The van der Waals surface area contributed by atoms with Crippen LogP contribution in [-0.4, -0.2) is 23.4 Å². The third-order valence-electron chi connectivity index (χ3n) is 6.43. The lowest BCUT2D eigenvalue weighted by Crippen LogP contribution is -2.38. The van der Waals surface area contributed by atoms with Gasteiger partial charge >= 0.3 is 0 Å². The van der Waals surface area contributed by atoms with E-state index in [0.29, 0.717) is 12.3 Å². The fourth-order valence-electron chi connectivity index (χ4n) is 4.54. The molecule has 1 amide bonds. The van der Waals surface area contributed by atoms with Gasteiger partial charge in [-0.15, -0.1) is 0 Å². The van der Waals surface area contributed by atoms with E-state index in [1.807, 2.05) is 12.1 Å². The maximum absolute atomic E-state index is 13.2. The van der Waals surface area contributed by atoms with Crippen LogP contribution in [0.15, 0.2) is 60.7 Å². The molecule has 0 bridgehead atoms. The molecule has 1 atom stereocenters. The topological polar surface area (TPSA) is 20.3 Å². The average molecular weight is 436 g/mol. The van der Waals surface area contributed by atoms with E-state index in [4.69, 9.17) is 0 Å². The van der Waals surface area contributed by atoms with E-state index >= 15 is 0 Å². The van der Waals surface area contributed by atoms with Crippen LogP contribution < -0.4 is 0 Å². The number of carbonyl (C=O) groups excluding carboxylic acids is 1. The first-order valence-electron chi connectivity index (χ1n) is 12.5. The summed E-state index contributed by atoms with van der Waals surface area (Å²) >= 11 is 0. The van der Waals surface area contributed by atoms with Crippen LogP contribution in [0.5, 0.6) is 0 Å². The predicted octanol–water partition coefficient (Wildman–Crippen LogP) is 7.72. The van der Waals surface area contributed by atoms with E-state index in [2.05, 4.69) is 48.2 Å². The molecule has 0 aliphatic carbocycles. The van der Waals surface area contributed by atoms with E-state index in [-0.39, 0.29) is 11.9 Å². The summed E-state index contributed by atoms with van der Waals surface area (Å²) < 4.78 is 13.2. The zero-order valence-electron chi connectivity index (χ0n) is 19.6. The van der Waals surface area contributed by atoms with E-state index in [1.165, 1.54) is 43.4 Å². The molecular formula is C29H38FNO. The lowest BCUT2D eigenvalue weighted by atomic mass is 10.0. The van der Waals surface area contributed by atoms with Gasteiger partial charge in [-0.1, -0.05) is 87.6 Å². The van der Waals surface area contributed by atoms with Gasteiger partial charge in [0.15, 0.2) is 0 Å². The van der Waals surface area contributed by atoms with Gasteiger partial charge < -0.3 is 4.90 Å². The minimum absolute atomic E-state index is 0.206. The molecule has 0 radical (unpaired) electrons. The Hall–Kier alpha value is -2.42. The Labute approximate surface area is 193 Å². The number of halogens is 1. The number of benzene rings is 2. The fourth-order valence-corrected chi connectivity index (χ4v) is 4.54. The molecule has 3 heteroatoms. The van der Waals surface area contributed by atoms with Gasteiger partial charge in [-0.2, -0.15) is 0 Å². The monoisotopic (exact) mass is 435 g/mol. The average Bonchev–Trinajstić information content (AvgIpc) is 2.98. The Morgan fingerprint density at radius 1 is 1.00 bits per heavy atom. The van der Waals surface area contributed by atoms with Crippen LogP contribution in [0.4, 0.5) is 4.39 Å². The summed E-state index contributed by atoms with van der Waals surface area (Å²) in [5.41, 5.74) is 3.44. The fraction of sp³-hybridized carbons (Fsp3) is 0.483. The van der Waals surface area contributed by atoms with E-state index in [1.54, 1.807) is 0 Å². The molecule has 1 aliphatic heterocycles. The summed E-state index contributed by atoms with van der Waals surface area (Å²) in [4.78, 5) is 14.8. The lowest BCUT2D eigenvalue weighted by molar-refractivity contribution is -0.132. The highest BCUT2D eigenvalue weighted by Gasteiger charge is 2.23. The van der Waals surface area contributed by atoms with Crippen molar-refractivity contribution in [1.82, 2.24) is 4.90 Å². The second-order valence-corrected chi connectivity index (χ2v) is 8.99. The Balaban J connectivity index is 1.54. The minimum Gasteiger partial charge on any atom is -0.336 e. The van der Waals surface area contributed by atoms with Crippen molar-refractivity contribution in [2.24, 2.45) is 0 Å². The molecule has 2 aromatic carbocycles. The quantitative estimate of drug-likeness (QED) is 0.261. The van der Waals surface area contributed by atoms with Crippen LogP contribution in [-0.2, 0) is 11.2 Å². The highest BCUT2D eigenvalue weighted by molar-refractivity contribution is 5.77. The Morgan fingerprint density at radius 2 is 1.81 bits per heavy atom. The molecule has 32 heavy (non-hydrogen) atoms. The number of carbonyl (C=O) groups is 1. The molecule has 1 saturated heterocycles. The van der Waals surface area contributed by atoms with Gasteiger partial charge in [-0.05, 0) is 60.9 Å². The molecule has 172 valence electrons. The lowest BCUT2D eigenvalue weighted by Gasteiger charge is -2.28. The largest absolute Gasteiger partial charge is 0.336 e. The third kappa shape index (κ3) is 7.62. The Morgan fingerprint density at radius 3 is 2.62 bits per heavy atom. The first-order valence-corrected chi connectivity index (χ1v) is 12.5. The van der Waals surface area contributed by atoms with Gasteiger partial charge in [0.2, 0.25) is 5.91 Å². The molecule has 1 aliphatic rings. The number of nitrogens with zero attached hydrogens (tertiary/aromatic N) is 1. The molecule has 0 saturated carbocycles. The van der Waals surface area contributed by atoms with Crippen LogP contribution >= 0.6 is 0 Å². The maximum atomic E-state index is 13.2. The van der Waals surface area contributed by atoms with Crippen molar-refractivity contribution in [3.63, 3.8) is 0 Å². The second kappa shape index (κ2) is 13.2. The van der Waals surface area contributed by atoms with Crippen molar-refractivity contribution in [1.29, 1.82) is 0 Å². The highest BCUT2D eigenvalue weighted by Crippen LogP contribution is 2.23. The molecule has 2 aromatic rings. The summed E-state index contributed by atoms with van der Waals surface area (Å²) in [6.07, 6.45) is 16.6. The maximum Gasteiger partial charge on any atom is 0.223 e. The van der Waals surface area contributed by atoms with E-state index in [0.717, 1.165) is 56.2 Å². The number of allylic oxidation sites excluding steroid dienone is 1. The predicted molar refractivity (Wildman–Crippen MR) is 132 cm³/mol. The molecule has 1 fully saturated rings.